The van der Waals surface area contributed by atoms with Gasteiger partial charge in [0, 0.05) is 17.3 Å². The Morgan fingerprint density at radius 1 is 1.15 bits per heavy atom. The van der Waals surface area contributed by atoms with Gasteiger partial charge in [-0.05, 0) is 30.3 Å². The van der Waals surface area contributed by atoms with Gasteiger partial charge >= 0.3 is 0 Å². The Morgan fingerprint density at radius 2 is 2.10 bits per heavy atom. The topological polar surface area (TPSA) is 68.0 Å². The standard InChI is InChI=1S/C15H11N3O2/c19-14(18-13-5-2-6-16-10-13)11-3-1-4-12(9-11)15-17-7-8-20-15/h1-10H,(H,18,19). The Kier molecular flexibility index (Phi) is 3.24. The van der Waals surface area contributed by atoms with Crippen molar-refractivity contribution in [3.63, 3.8) is 0 Å². The van der Waals surface area contributed by atoms with Crippen LogP contribution in [0.5, 0.6) is 0 Å². The average Bonchev–Trinajstić information content (AvgIpc) is 3.03. The van der Waals surface area contributed by atoms with E-state index in [1.807, 2.05) is 6.07 Å². The van der Waals surface area contributed by atoms with Crippen LogP contribution in [0.3, 0.4) is 0 Å². The van der Waals surface area contributed by atoms with E-state index in [9.17, 15) is 4.79 Å². The van der Waals surface area contributed by atoms with Crippen molar-refractivity contribution in [3.05, 3.63) is 66.8 Å². The molecule has 5 nitrogen and oxygen atoms in total. The Hall–Kier alpha value is -2.95. The van der Waals surface area contributed by atoms with E-state index in [1.54, 1.807) is 48.9 Å². The van der Waals surface area contributed by atoms with Crippen molar-refractivity contribution in [3.8, 4) is 11.5 Å². The summed E-state index contributed by atoms with van der Waals surface area (Å²) in [5.74, 6) is 0.285. The lowest BCUT2D eigenvalue weighted by Crippen LogP contribution is -2.11. The number of aromatic nitrogens is 2. The van der Waals surface area contributed by atoms with E-state index in [-0.39, 0.29) is 5.91 Å². The molecule has 0 saturated carbocycles. The molecule has 0 aliphatic carbocycles. The number of hydrogen-bond donors (Lipinski definition) is 1. The highest BCUT2D eigenvalue weighted by Gasteiger charge is 2.09. The Bertz CT molecular complexity index is 709. The SMILES string of the molecule is O=C(Nc1cccnc1)c1cccc(-c2ncco2)c1. The highest BCUT2D eigenvalue weighted by atomic mass is 16.3. The van der Waals surface area contributed by atoms with Crippen LogP contribution in [0.1, 0.15) is 10.4 Å². The van der Waals surface area contributed by atoms with Crippen molar-refractivity contribution in [2.24, 2.45) is 0 Å². The number of carbonyl (C=O) groups excluding carboxylic acids is 1. The molecule has 2 aromatic heterocycles. The fourth-order valence-electron chi connectivity index (χ4n) is 1.80. The first kappa shape index (κ1) is 12.1. The number of pyridine rings is 1. The van der Waals surface area contributed by atoms with Gasteiger partial charge in [-0.25, -0.2) is 4.98 Å². The van der Waals surface area contributed by atoms with E-state index in [1.165, 1.54) is 6.26 Å². The van der Waals surface area contributed by atoms with Gasteiger partial charge in [-0.3, -0.25) is 9.78 Å². The van der Waals surface area contributed by atoms with Crippen molar-refractivity contribution in [2.45, 2.75) is 0 Å². The lowest BCUT2D eigenvalue weighted by molar-refractivity contribution is 0.102. The third-order valence-corrected chi connectivity index (χ3v) is 2.72. The third-order valence-electron chi connectivity index (χ3n) is 2.72. The quantitative estimate of drug-likeness (QED) is 0.790. The molecule has 0 aliphatic rings. The molecule has 0 bridgehead atoms. The zero-order valence-electron chi connectivity index (χ0n) is 10.5. The normalized spacial score (nSPS) is 10.2. The van der Waals surface area contributed by atoms with Gasteiger partial charge in [-0.1, -0.05) is 6.07 Å². The maximum atomic E-state index is 12.1. The minimum Gasteiger partial charge on any atom is -0.445 e. The molecule has 3 rings (SSSR count). The molecule has 0 fully saturated rings. The number of carbonyl (C=O) groups is 1. The Labute approximate surface area is 115 Å². The lowest BCUT2D eigenvalue weighted by atomic mass is 10.1. The van der Waals surface area contributed by atoms with Crippen molar-refractivity contribution < 1.29 is 9.21 Å². The summed E-state index contributed by atoms with van der Waals surface area (Å²) in [4.78, 5) is 20.2. The maximum absolute atomic E-state index is 12.1. The summed E-state index contributed by atoms with van der Waals surface area (Å²) < 4.78 is 5.22. The van der Waals surface area contributed by atoms with E-state index in [0.29, 0.717) is 17.1 Å². The minimum absolute atomic E-state index is 0.202. The van der Waals surface area contributed by atoms with Crippen LogP contribution in [0.25, 0.3) is 11.5 Å². The van der Waals surface area contributed by atoms with Crippen molar-refractivity contribution in [2.75, 3.05) is 5.32 Å². The lowest BCUT2D eigenvalue weighted by Gasteiger charge is -2.05. The van der Waals surface area contributed by atoms with Crippen LogP contribution < -0.4 is 5.32 Å². The van der Waals surface area contributed by atoms with Gasteiger partial charge in [0.1, 0.15) is 6.26 Å². The summed E-state index contributed by atoms with van der Waals surface area (Å²) in [6.45, 7) is 0. The summed E-state index contributed by atoms with van der Waals surface area (Å²) >= 11 is 0. The molecule has 20 heavy (non-hydrogen) atoms. The predicted octanol–water partition coefficient (Wildman–Crippen LogP) is 2.99. The smallest absolute Gasteiger partial charge is 0.255 e. The Balaban J connectivity index is 1.84. The van der Waals surface area contributed by atoms with Crippen molar-refractivity contribution >= 4 is 11.6 Å². The molecule has 1 N–H and O–H groups in total. The highest BCUT2D eigenvalue weighted by Crippen LogP contribution is 2.19. The molecule has 98 valence electrons. The second-order valence-corrected chi connectivity index (χ2v) is 4.11. The number of anilines is 1. The third kappa shape index (κ3) is 2.56. The molecule has 5 heteroatoms. The number of benzene rings is 1. The van der Waals surface area contributed by atoms with Gasteiger partial charge < -0.3 is 9.73 Å². The van der Waals surface area contributed by atoms with Crippen molar-refractivity contribution in [1.29, 1.82) is 0 Å². The van der Waals surface area contributed by atoms with E-state index in [2.05, 4.69) is 15.3 Å². The van der Waals surface area contributed by atoms with Gasteiger partial charge in [0.15, 0.2) is 0 Å². The molecule has 0 radical (unpaired) electrons. The molecule has 1 amide bonds. The van der Waals surface area contributed by atoms with Crippen LogP contribution in [0.15, 0.2) is 65.7 Å². The number of nitrogens with one attached hydrogen (secondary N) is 1. The number of nitrogens with zero attached hydrogens (tertiary/aromatic N) is 2. The molecule has 0 unspecified atom stereocenters. The van der Waals surface area contributed by atoms with Crippen molar-refractivity contribution in [1.82, 2.24) is 9.97 Å². The van der Waals surface area contributed by atoms with Crippen LogP contribution in [0, 0.1) is 0 Å². The second kappa shape index (κ2) is 5.36. The first-order chi connectivity index (χ1) is 9.83. The molecule has 0 saturated heterocycles. The second-order valence-electron chi connectivity index (χ2n) is 4.11. The first-order valence-corrected chi connectivity index (χ1v) is 6.04. The molecule has 0 aliphatic heterocycles. The molecular formula is C15H11N3O2. The summed E-state index contributed by atoms with van der Waals surface area (Å²) in [6, 6.07) is 10.6. The van der Waals surface area contributed by atoms with Gasteiger partial charge in [-0.15, -0.1) is 0 Å². The van der Waals surface area contributed by atoms with Gasteiger partial charge in [0.2, 0.25) is 5.89 Å². The zero-order valence-corrected chi connectivity index (χ0v) is 10.5. The van der Waals surface area contributed by atoms with Gasteiger partial charge in [-0.2, -0.15) is 0 Å². The number of rotatable bonds is 3. The summed E-state index contributed by atoms with van der Waals surface area (Å²) in [7, 11) is 0. The summed E-state index contributed by atoms with van der Waals surface area (Å²) in [6.07, 6.45) is 6.31. The largest absolute Gasteiger partial charge is 0.445 e. The molecular weight excluding hydrogens is 254 g/mol. The Morgan fingerprint density at radius 3 is 2.85 bits per heavy atom. The zero-order chi connectivity index (χ0) is 13.8. The van der Waals surface area contributed by atoms with E-state index in [0.717, 1.165) is 5.56 Å². The van der Waals surface area contributed by atoms with E-state index >= 15 is 0 Å². The molecule has 0 spiro atoms. The van der Waals surface area contributed by atoms with Crippen LogP contribution in [0.4, 0.5) is 5.69 Å². The number of oxazole rings is 1. The minimum atomic E-state index is -0.202. The maximum Gasteiger partial charge on any atom is 0.255 e. The van der Waals surface area contributed by atoms with Crippen LogP contribution in [0.2, 0.25) is 0 Å². The van der Waals surface area contributed by atoms with Gasteiger partial charge in [0.25, 0.3) is 5.91 Å². The number of hydrogen-bond acceptors (Lipinski definition) is 4. The monoisotopic (exact) mass is 265 g/mol. The number of amides is 1. The molecule has 0 atom stereocenters. The predicted molar refractivity (Wildman–Crippen MR) is 74.1 cm³/mol. The van der Waals surface area contributed by atoms with Crippen LogP contribution >= 0.6 is 0 Å². The van der Waals surface area contributed by atoms with E-state index in [4.69, 9.17) is 4.42 Å². The summed E-state index contributed by atoms with van der Waals surface area (Å²) in [5, 5.41) is 2.78. The molecule has 2 heterocycles. The van der Waals surface area contributed by atoms with E-state index < -0.39 is 0 Å². The molecule has 1 aromatic carbocycles. The van der Waals surface area contributed by atoms with Gasteiger partial charge in [0.05, 0.1) is 18.1 Å². The van der Waals surface area contributed by atoms with Crippen LogP contribution in [-0.2, 0) is 0 Å². The first-order valence-electron chi connectivity index (χ1n) is 6.04. The van der Waals surface area contributed by atoms with Crippen LogP contribution in [-0.4, -0.2) is 15.9 Å². The summed E-state index contributed by atoms with van der Waals surface area (Å²) in [5.41, 5.74) is 1.94. The molecule has 3 aromatic rings. The fourth-order valence-corrected chi connectivity index (χ4v) is 1.80. The average molecular weight is 265 g/mol. The highest BCUT2D eigenvalue weighted by molar-refractivity contribution is 6.04. The fraction of sp³-hybridized carbons (Fsp3) is 0.